The van der Waals surface area contributed by atoms with Crippen molar-refractivity contribution in [2.75, 3.05) is 11.9 Å². The predicted octanol–water partition coefficient (Wildman–Crippen LogP) is 2.93. The van der Waals surface area contributed by atoms with Crippen molar-refractivity contribution in [2.45, 2.75) is 64.5 Å². The fraction of sp³-hybridized carbons (Fsp3) is 0.706. The van der Waals surface area contributed by atoms with Crippen LogP contribution in [0.5, 0.6) is 0 Å². The number of carbonyl (C=O) groups excluding carboxylic acids is 2. The molecule has 1 aliphatic rings. The Morgan fingerprint density at radius 3 is 2.75 bits per heavy atom. The third kappa shape index (κ3) is 5.25. The van der Waals surface area contributed by atoms with Crippen LogP contribution in [0.1, 0.15) is 52.9 Å². The number of piperidine rings is 1. The van der Waals surface area contributed by atoms with Crippen LogP contribution in [0.4, 0.5) is 10.6 Å². The molecule has 134 valence electrons. The van der Waals surface area contributed by atoms with Crippen molar-refractivity contribution < 1.29 is 14.3 Å². The molecular weight excluding hydrogens is 308 g/mol. The zero-order valence-corrected chi connectivity index (χ0v) is 15.0. The zero-order valence-electron chi connectivity index (χ0n) is 15.0. The van der Waals surface area contributed by atoms with Crippen LogP contribution in [-0.2, 0) is 16.6 Å². The molecule has 1 aromatic heterocycles. The van der Waals surface area contributed by atoms with E-state index < -0.39 is 5.60 Å². The summed E-state index contributed by atoms with van der Waals surface area (Å²) in [5, 5.41) is 6.94. The molecule has 7 heteroatoms. The van der Waals surface area contributed by atoms with E-state index in [1.54, 1.807) is 24.0 Å². The topological polar surface area (TPSA) is 76.5 Å². The van der Waals surface area contributed by atoms with Gasteiger partial charge in [-0.2, -0.15) is 5.10 Å². The number of likely N-dealkylation sites (tertiary alicyclic amines) is 1. The van der Waals surface area contributed by atoms with Gasteiger partial charge in [-0.15, -0.1) is 0 Å². The van der Waals surface area contributed by atoms with E-state index in [1.165, 1.54) is 0 Å². The number of carbonyl (C=O) groups is 2. The van der Waals surface area contributed by atoms with E-state index in [2.05, 4.69) is 10.4 Å². The molecule has 0 radical (unpaired) electrons. The fourth-order valence-electron chi connectivity index (χ4n) is 2.92. The third-order valence-corrected chi connectivity index (χ3v) is 4.05. The molecule has 1 aliphatic heterocycles. The molecule has 2 rings (SSSR count). The number of anilines is 1. The SMILES string of the molecule is Cn1nccc1NC(=O)N1CCCC[C@@H]1CCC(=O)OC(C)(C)C. The van der Waals surface area contributed by atoms with Crippen molar-refractivity contribution >= 4 is 17.8 Å². The van der Waals surface area contributed by atoms with Crippen LogP contribution >= 0.6 is 0 Å². The summed E-state index contributed by atoms with van der Waals surface area (Å²) < 4.78 is 6.98. The average Bonchev–Trinajstić information content (AvgIpc) is 2.89. The molecule has 1 fully saturated rings. The highest BCUT2D eigenvalue weighted by Gasteiger charge is 2.28. The molecule has 1 N–H and O–H groups in total. The Hall–Kier alpha value is -2.05. The number of aryl methyl sites for hydroxylation is 1. The minimum absolute atomic E-state index is 0.0690. The minimum atomic E-state index is -0.472. The van der Waals surface area contributed by atoms with Gasteiger partial charge in [0, 0.05) is 32.1 Å². The summed E-state index contributed by atoms with van der Waals surface area (Å²) in [6.45, 7) is 6.29. The fourth-order valence-corrected chi connectivity index (χ4v) is 2.92. The maximum atomic E-state index is 12.6. The van der Waals surface area contributed by atoms with Gasteiger partial charge in [0.2, 0.25) is 0 Å². The number of urea groups is 1. The molecule has 1 saturated heterocycles. The Labute approximate surface area is 143 Å². The van der Waals surface area contributed by atoms with Gasteiger partial charge >= 0.3 is 12.0 Å². The molecule has 2 amide bonds. The minimum Gasteiger partial charge on any atom is -0.460 e. The Bertz CT molecular complexity index is 577. The summed E-state index contributed by atoms with van der Waals surface area (Å²) in [5.41, 5.74) is -0.472. The van der Waals surface area contributed by atoms with Crippen molar-refractivity contribution in [3.05, 3.63) is 12.3 Å². The number of ether oxygens (including phenoxy) is 1. The summed E-state index contributed by atoms with van der Waals surface area (Å²) in [4.78, 5) is 26.3. The molecule has 0 spiro atoms. The third-order valence-electron chi connectivity index (χ3n) is 4.05. The standard InChI is InChI=1S/C17H28N4O3/c1-17(2,3)24-15(22)9-8-13-7-5-6-12-21(13)16(23)19-14-10-11-18-20(14)4/h10-11,13H,5-9,12H2,1-4H3,(H,19,23)/t13-/m1/s1. The number of hydrogen-bond acceptors (Lipinski definition) is 4. The van der Waals surface area contributed by atoms with Crippen molar-refractivity contribution in [3.8, 4) is 0 Å². The van der Waals surface area contributed by atoms with Gasteiger partial charge in [-0.3, -0.25) is 14.8 Å². The molecular formula is C17H28N4O3. The Morgan fingerprint density at radius 1 is 1.38 bits per heavy atom. The van der Waals surface area contributed by atoms with Crippen molar-refractivity contribution in [1.82, 2.24) is 14.7 Å². The average molecular weight is 336 g/mol. The lowest BCUT2D eigenvalue weighted by molar-refractivity contribution is -0.155. The number of nitrogens with one attached hydrogen (secondary N) is 1. The van der Waals surface area contributed by atoms with Crippen LogP contribution in [-0.4, -0.2) is 44.9 Å². The van der Waals surface area contributed by atoms with E-state index in [4.69, 9.17) is 4.74 Å². The van der Waals surface area contributed by atoms with Crippen molar-refractivity contribution in [2.24, 2.45) is 7.05 Å². The van der Waals surface area contributed by atoms with E-state index in [9.17, 15) is 9.59 Å². The number of esters is 1. The molecule has 1 atom stereocenters. The second kappa shape index (κ2) is 7.68. The normalized spacial score (nSPS) is 18.3. The lowest BCUT2D eigenvalue weighted by atomic mass is 9.98. The highest BCUT2D eigenvalue weighted by Crippen LogP contribution is 2.23. The number of aromatic nitrogens is 2. The first-order chi connectivity index (χ1) is 11.3. The second-order valence-electron chi connectivity index (χ2n) is 7.24. The van der Waals surface area contributed by atoms with E-state index in [0.717, 1.165) is 19.3 Å². The molecule has 24 heavy (non-hydrogen) atoms. The van der Waals surface area contributed by atoms with Crippen LogP contribution in [0.25, 0.3) is 0 Å². The maximum absolute atomic E-state index is 12.6. The van der Waals surface area contributed by atoms with Gasteiger partial charge in [0.15, 0.2) is 0 Å². The molecule has 0 aliphatic carbocycles. The molecule has 0 saturated carbocycles. The van der Waals surface area contributed by atoms with Gasteiger partial charge < -0.3 is 9.64 Å². The number of amides is 2. The zero-order chi connectivity index (χ0) is 17.7. The Kier molecular flexibility index (Phi) is 5.85. The van der Waals surface area contributed by atoms with Crippen molar-refractivity contribution in [1.29, 1.82) is 0 Å². The van der Waals surface area contributed by atoms with E-state index in [-0.39, 0.29) is 18.0 Å². The number of rotatable bonds is 4. The van der Waals surface area contributed by atoms with Crippen LogP contribution in [0, 0.1) is 0 Å². The molecule has 1 aromatic rings. The van der Waals surface area contributed by atoms with E-state index >= 15 is 0 Å². The predicted molar refractivity (Wildman–Crippen MR) is 91.7 cm³/mol. The van der Waals surface area contributed by atoms with Crippen LogP contribution in [0.2, 0.25) is 0 Å². The first-order valence-corrected chi connectivity index (χ1v) is 8.54. The largest absolute Gasteiger partial charge is 0.460 e. The highest BCUT2D eigenvalue weighted by atomic mass is 16.6. The summed E-state index contributed by atoms with van der Waals surface area (Å²) in [5.74, 6) is 0.455. The first-order valence-electron chi connectivity index (χ1n) is 8.54. The first kappa shape index (κ1) is 18.3. The smallest absolute Gasteiger partial charge is 0.323 e. The highest BCUT2D eigenvalue weighted by molar-refractivity contribution is 5.88. The van der Waals surface area contributed by atoms with Crippen LogP contribution in [0.15, 0.2) is 12.3 Å². The number of nitrogens with zero attached hydrogens (tertiary/aromatic N) is 3. The summed E-state index contributed by atoms with van der Waals surface area (Å²) >= 11 is 0. The Morgan fingerprint density at radius 2 is 2.12 bits per heavy atom. The molecule has 0 aromatic carbocycles. The lowest BCUT2D eigenvalue weighted by Crippen LogP contribution is -2.46. The van der Waals surface area contributed by atoms with Crippen molar-refractivity contribution in [3.63, 3.8) is 0 Å². The lowest BCUT2D eigenvalue weighted by Gasteiger charge is -2.35. The van der Waals surface area contributed by atoms with Crippen LogP contribution in [0.3, 0.4) is 0 Å². The maximum Gasteiger partial charge on any atom is 0.323 e. The van der Waals surface area contributed by atoms with E-state index in [0.29, 0.717) is 25.2 Å². The van der Waals surface area contributed by atoms with Gasteiger partial charge in [0.1, 0.15) is 11.4 Å². The summed E-state index contributed by atoms with van der Waals surface area (Å²) in [6.07, 6.45) is 5.59. The summed E-state index contributed by atoms with van der Waals surface area (Å²) in [7, 11) is 1.78. The molecule has 0 bridgehead atoms. The molecule has 7 nitrogen and oxygen atoms in total. The molecule has 0 unspecified atom stereocenters. The van der Waals surface area contributed by atoms with Gasteiger partial charge in [0.05, 0.1) is 6.20 Å². The van der Waals surface area contributed by atoms with E-state index in [1.807, 2.05) is 25.7 Å². The second-order valence-corrected chi connectivity index (χ2v) is 7.24. The van der Waals surface area contributed by atoms with Crippen LogP contribution < -0.4 is 5.32 Å². The number of hydrogen-bond donors (Lipinski definition) is 1. The molecule has 2 heterocycles. The van der Waals surface area contributed by atoms with Gasteiger partial charge in [-0.1, -0.05) is 0 Å². The quantitative estimate of drug-likeness (QED) is 0.858. The van der Waals surface area contributed by atoms with Gasteiger partial charge in [-0.05, 0) is 46.5 Å². The summed E-state index contributed by atoms with van der Waals surface area (Å²) in [6, 6.07) is 1.70. The van der Waals surface area contributed by atoms with Gasteiger partial charge in [-0.25, -0.2) is 4.79 Å². The Balaban J connectivity index is 1.91. The monoisotopic (exact) mass is 336 g/mol. The van der Waals surface area contributed by atoms with Gasteiger partial charge in [0.25, 0.3) is 0 Å².